The van der Waals surface area contributed by atoms with Gasteiger partial charge < -0.3 is 55.8 Å². The van der Waals surface area contributed by atoms with E-state index < -0.39 is 137 Å². The molecule has 22 heteroatoms. The Morgan fingerprint density at radius 1 is 0.404 bits per heavy atom. The van der Waals surface area contributed by atoms with Gasteiger partial charge in [-0.1, -0.05) is 130 Å². The van der Waals surface area contributed by atoms with Crippen LogP contribution < -0.4 is 21.3 Å². The van der Waals surface area contributed by atoms with Crippen LogP contribution in [0.1, 0.15) is 190 Å². The van der Waals surface area contributed by atoms with Gasteiger partial charge in [0.1, 0.15) is 54.4 Å². The van der Waals surface area contributed by atoms with E-state index in [9.17, 15) is 48.3 Å². The molecule has 0 rings (SSSR count). The summed E-state index contributed by atoms with van der Waals surface area (Å²) in [6.45, 7) is 37.7. The summed E-state index contributed by atoms with van der Waals surface area (Å²) in [5, 5.41) is 23.1. The maximum atomic E-state index is 15.1. The van der Waals surface area contributed by atoms with Crippen molar-refractivity contribution < 1.29 is 57.8 Å². The SMILES string of the molecule is C/C=C\CC(C)C(O)[C@@H](C(=O)NC(CC)C(=O)N(C)C(CC(C)C)C(=O)N(C)[C@@H](CC(C)C)C(=O)N[C@H](C(=O)N(C)C(CC(C)C)C(=O)NC(C)C(=O)NC(C)C(C)=O)C(C)C)N(C)C(=O)C(C(C)C)N(C)C(=O)C(CC(C)C)N(C)C(=O)C(C)CC(C)C. The summed E-state index contributed by atoms with van der Waals surface area (Å²) < 4.78 is 0. The summed E-state index contributed by atoms with van der Waals surface area (Å²) in [6, 6.07) is -11.3. The van der Waals surface area contributed by atoms with Crippen LogP contribution in [-0.2, 0) is 52.7 Å². The Bertz CT molecular complexity index is 2370. The first-order valence-electron chi connectivity index (χ1n) is 32.6. The van der Waals surface area contributed by atoms with E-state index in [-0.39, 0.29) is 72.9 Å². The largest absolute Gasteiger partial charge is 0.390 e. The molecule has 0 aliphatic rings. The summed E-state index contributed by atoms with van der Waals surface area (Å²) in [4.78, 5) is 164. The van der Waals surface area contributed by atoms with E-state index >= 15 is 9.59 Å². The van der Waals surface area contributed by atoms with Gasteiger partial charge in [0.05, 0.1) is 12.1 Å². The van der Waals surface area contributed by atoms with Crippen molar-refractivity contribution in [2.45, 2.75) is 257 Å². The molecule has 0 fully saturated rings. The van der Waals surface area contributed by atoms with Crippen LogP contribution in [0.2, 0.25) is 0 Å². The molecule has 0 aliphatic carbocycles. The predicted molar refractivity (Wildman–Crippen MR) is 350 cm³/mol. The second-order valence-corrected chi connectivity index (χ2v) is 28.0. The molecule has 10 amide bonds. The van der Waals surface area contributed by atoms with Gasteiger partial charge in [-0.2, -0.15) is 0 Å². The number of nitrogens with zero attached hydrogens (tertiary/aromatic N) is 6. The van der Waals surface area contributed by atoms with Gasteiger partial charge in [-0.25, -0.2) is 0 Å². The zero-order valence-electron chi connectivity index (χ0n) is 59.8. The zero-order chi connectivity index (χ0) is 69.6. The van der Waals surface area contributed by atoms with Crippen LogP contribution in [0.15, 0.2) is 12.2 Å². The number of nitrogens with one attached hydrogen (secondary N) is 4. The van der Waals surface area contributed by atoms with E-state index in [1.165, 1.54) is 80.5 Å². The molecule has 0 aromatic heterocycles. The number of Topliss-reactive ketones (excluding diaryl/α,β-unsaturated/α-hetero) is 1. The molecule has 13 atom stereocenters. The molecule has 0 aromatic carbocycles. The zero-order valence-corrected chi connectivity index (χ0v) is 59.8. The summed E-state index contributed by atoms with van der Waals surface area (Å²) in [5.41, 5.74) is 0. The molecule has 0 saturated carbocycles. The van der Waals surface area contributed by atoms with Crippen LogP contribution in [0, 0.1) is 53.3 Å². The van der Waals surface area contributed by atoms with Crippen molar-refractivity contribution in [2.75, 3.05) is 42.3 Å². The van der Waals surface area contributed by atoms with Crippen LogP contribution in [0.4, 0.5) is 0 Å². The fourth-order valence-corrected chi connectivity index (χ4v) is 11.1. The Labute approximate surface area is 535 Å². The van der Waals surface area contributed by atoms with Crippen molar-refractivity contribution in [3.63, 3.8) is 0 Å². The first-order valence-corrected chi connectivity index (χ1v) is 32.6. The van der Waals surface area contributed by atoms with E-state index in [4.69, 9.17) is 0 Å². The highest BCUT2D eigenvalue weighted by Gasteiger charge is 2.45. The number of hydrogen-bond donors (Lipinski definition) is 5. The highest BCUT2D eigenvalue weighted by atomic mass is 16.3. The summed E-state index contributed by atoms with van der Waals surface area (Å²) in [5.74, 6) is -8.15. The van der Waals surface area contributed by atoms with Gasteiger partial charge in [0.15, 0.2) is 5.78 Å². The number of ketones is 1. The van der Waals surface area contributed by atoms with Crippen molar-refractivity contribution in [2.24, 2.45) is 53.3 Å². The first kappa shape index (κ1) is 83.1. The Hall–Kier alpha value is -5.93. The standard InChI is InChI=1S/C67H122N10O12/c1-28-30-31-44(17)57(79)56(77(27)67(89)55(43(15)16)76(26)65(87)53(36-41(11)12)74(24)62(84)45(18)32-37(3)4)61(83)70-49(29-2)63(85)75(25)52(35-40(9)10)64(86)72(22)51(34-39(7)8)60(82)71-54(42(13)14)66(88)73(23)50(33-38(5)6)59(81)69-47(20)58(80)68-46(19)48(21)78/h28,30,37-47,49-57,79H,29,31-36H2,1-27H3,(H,68,80)(H,69,81)(H,70,83)(H,71,82)/b30-28-/t44?,45?,46?,47?,49?,50?,51-,52?,53?,54-,55?,56-,57?/m0/s1. The van der Waals surface area contributed by atoms with Gasteiger partial charge in [0.25, 0.3) is 0 Å². The van der Waals surface area contributed by atoms with Crippen LogP contribution >= 0.6 is 0 Å². The lowest BCUT2D eigenvalue weighted by molar-refractivity contribution is -0.156. The van der Waals surface area contributed by atoms with Crippen LogP contribution in [0.3, 0.4) is 0 Å². The minimum Gasteiger partial charge on any atom is -0.390 e. The highest BCUT2D eigenvalue weighted by molar-refractivity contribution is 5.99. The number of likely N-dealkylation sites (N-methyl/N-ethyl adjacent to an activating group) is 6. The molecular weight excluding hydrogens is 1140 g/mol. The molecule has 0 bridgehead atoms. The number of allylic oxidation sites excluding steroid dienone is 2. The van der Waals surface area contributed by atoms with Gasteiger partial charge in [0.2, 0.25) is 59.1 Å². The number of carbonyl (C=O) groups excluding carboxylic acids is 11. The molecule has 10 unspecified atom stereocenters. The van der Waals surface area contributed by atoms with E-state index in [2.05, 4.69) is 21.3 Å². The van der Waals surface area contributed by atoms with Crippen LogP contribution in [0.5, 0.6) is 0 Å². The molecule has 0 heterocycles. The number of amides is 10. The predicted octanol–water partition coefficient (Wildman–Crippen LogP) is 6.07. The third kappa shape index (κ3) is 25.3. The van der Waals surface area contributed by atoms with Gasteiger partial charge in [-0.3, -0.25) is 52.7 Å². The number of aliphatic hydroxyl groups excluding tert-OH is 1. The molecule has 0 spiro atoms. The second-order valence-electron chi connectivity index (χ2n) is 28.0. The van der Waals surface area contributed by atoms with Gasteiger partial charge in [-0.05, 0) is 120 Å². The molecule has 0 radical (unpaired) electrons. The molecule has 89 heavy (non-hydrogen) atoms. The molecule has 0 aliphatic heterocycles. The Morgan fingerprint density at radius 3 is 1.19 bits per heavy atom. The molecular formula is C67H122N10O12. The van der Waals surface area contributed by atoms with Gasteiger partial charge >= 0.3 is 0 Å². The van der Waals surface area contributed by atoms with E-state index in [1.807, 2.05) is 89.2 Å². The number of aliphatic hydroxyl groups is 1. The summed E-state index contributed by atoms with van der Waals surface area (Å²) >= 11 is 0. The van der Waals surface area contributed by atoms with E-state index in [0.29, 0.717) is 19.3 Å². The normalized spacial score (nSPS) is 16.3. The van der Waals surface area contributed by atoms with E-state index in [0.717, 1.165) is 4.90 Å². The average Bonchev–Trinajstić information content (AvgIpc) is 1.12. The monoisotopic (exact) mass is 1260 g/mol. The first-order chi connectivity index (χ1) is 40.9. The van der Waals surface area contributed by atoms with Crippen molar-refractivity contribution in [1.29, 1.82) is 0 Å². The number of carbonyl (C=O) groups is 11. The van der Waals surface area contributed by atoms with E-state index in [1.54, 1.807) is 54.7 Å². The molecule has 0 aromatic rings. The summed E-state index contributed by atoms with van der Waals surface area (Å²) in [7, 11) is 8.89. The summed E-state index contributed by atoms with van der Waals surface area (Å²) in [6.07, 6.45) is 3.97. The minimum atomic E-state index is -1.58. The lowest BCUT2D eigenvalue weighted by Gasteiger charge is -2.41. The highest BCUT2D eigenvalue weighted by Crippen LogP contribution is 2.26. The second kappa shape index (κ2) is 38.7. The Morgan fingerprint density at radius 2 is 0.787 bits per heavy atom. The maximum absolute atomic E-state index is 15.1. The van der Waals surface area contributed by atoms with Crippen LogP contribution in [0.25, 0.3) is 0 Å². The Kier molecular flexibility index (Phi) is 36.1. The van der Waals surface area contributed by atoms with Crippen molar-refractivity contribution in [3.05, 3.63) is 12.2 Å². The smallest absolute Gasteiger partial charge is 0.246 e. The number of rotatable bonds is 38. The third-order valence-corrected chi connectivity index (χ3v) is 16.8. The van der Waals surface area contributed by atoms with Crippen molar-refractivity contribution in [1.82, 2.24) is 50.7 Å². The van der Waals surface area contributed by atoms with Crippen molar-refractivity contribution in [3.8, 4) is 0 Å². The third-order valence-electron chi connectivity index (χ3n) is 16.8. The van der Waals surface area contributed by atoms with Crippen molar-refractivity contribution >= 4 is 64.9 Å². The quantitative estimate of drug-likeness (QED) is 0.0441. The fourth-order valence-electron chi connectivity index (χ4n) is 11.1. The molecule has 512 valence electrons. The minimum absolute atomic E-state index is 0.00494. The molecule has 22 nitrogen and oxygen atoms in total. The average molecular weight is 1260 g/mol. The lowest BCUT2D eigenvalue weighted by Crippen LogP contribution is -2.63. The molecule has 5 N–H and O–H groups in total. The Balaban J connectivity index is 7.37. The number of hydrogen-bond acceptors (Lipinski definition) is 12. The topological polar surface area (TPSA) is 276 Å². The maximum Gasteiger partial charge on any atom is 0.246 e. The van der Waals surface area contributed by atoms with Crippen LogP contribution in [-0.4, -0.2) is 208 Å². The van der Waals surface area contributed by atoms with Gasteiger partial charge in [-0.15, -0.1) is 0 Å². The van der Waals surface area contributed by atoms with Gasteiger partial charge in [0, 0.05) is 48.2 Å². The molecule has 0 saturated heterocycles. The fraction of sp³-hybridized carbons (Fsp3) is 0.806. The lowest BCUT2D eigenvalue weighted by atomic mass is 9.91.